The number of pyridine rings is 1. The standard InChI is InChI=1S/C20H20N4O/c25-19(18-6-7-20(22-14-18)24-11-1-9-23-24)12-15-2-4-16(5-3-15)17-8-10-21-13-17/h1-7,9,11,14,17,21H,8,10,12-13H2. The van der Waals surface area contributed by atoms with Gasteiger partial charge in [-0.2, -0.15) is 5.10 Å². The van der Waals surface area contributed by atoms with E-state index in [1.807, 2.05) is 24.4 Å². The molecule has 1 saturated heterocycles. The lowest BCUT2D eigenvalue weighted by Gasteiger charge is -2.09. The average Bonchev–Trinajstić information content (AvgIpc) is 3.36. The minimum Gasteiger partial charge on any atom is -0.316 e. The molecule has 1 aliphatic heterocycles. The highest BCUT2D eigenvalue weighted by Crippen LogP contribution is 2.22. The second-order valence-electron chi connectivity index (χ2n) is 6.39. The smallest absolute Gasteiger partial charge is 0.168 e. The number of rotatable bonds is 5. The van der Waals surface area contributed by atoms with Crippen LogP contribution in [-0.4, -0.2) is 33.6 Å². The molecule has 1 N–H and O–H groups in total. The fraction of sp³-hybridized carbons (Fsp3) is 0.250. The first-order valence-electron chi connectivity index (χ1n) is 8.58. The summed E-state index contributed by atoms with van der Waals surface area (Å²) >= 11 is 0. The Balaban J connectivity index is 1.42. The Labute approximate surface area is 146 Å². The largest absolute Gasteiger partial charge is 0.316 e. The van der Waals surface area contributed by atoms with Gasteiger partial charge in [0, 0.05) is 37.1 Å². The lowest BCUT2D eigenvalue weighted by molar-refractivity contribution is 0.0992. The quantitative estimate of drug-likeness (QED) is 0.730. The Morgan fingerprint density at radius 2 is 2.08 bits per heavy atom. The molecule has 0 spiro atoms. The molecule has 0 radical (unpaired) electrons. The molecule has 25 heavy (non-hydrogen) atoms. The van der Waals surface area contributed by atoms with Crippen molar-refractivity contribution in [2.75, 3.05) is 13.1 Å². The maximum absolute atomic E-state index is 12.5. The molecule has 3 heterocycles. The summed E-state index contributed by atoms with van der Waals surface area (Å²) in [5, 5.41) is 7.52. The monoisotopic (exact) mass is 332 g/mol. The fourth-order valence-electron chi connectivity index (χ4n) is 3.23. The van der Waals surface area contributed by atoms with Crippen LogP contribution in [0.3, 0.4) is 0 Å². The van der Waals surface area contributed by atoms with E-state index in [4.69, 9.17) is 0 Å². The lowest BCUT2D eigenvalue weighted by Crippen LogP contribution is -2.08. The van der Waals surface area contributed by atoms with Crippen molar-refractivity contribution in [1.82, 2.24) is 20.1 Å². The van der Waals surface area contributed by atoms with Crippen LogP contribution in [-0.2, 0) is 6.42 Å². The molecule has 4 rings (SSSR count). The number of ketones is 1. The van der Waals surface area contributed by atoms with Crippen molar-refractivity contribution in [3.05, 3.63) is 77.7 Å². The Hall–Kier alpha value is -2.79. The van der Waals surface area contributed by atoms with Gasteiger partial charge in [-0.1, -0.05) is 24.3 Å². The van der Waals surface area contributed by atoms with Gasteiger partial charge in [-0.3, -0.25) is 4.79 Å². The van der Waals surface area contributed by atoms with E-state index in [-0.39, 0.29) is 5.78 Å². The number of benzene rings is 1. The number of aromatic nitrogens is 3. The van der Waals surface area contributed by atoms with Crippen LogP contribution < -0.4 is 5.32 Å². The molecule has 5 heteroatoms. The normalized spacial score (nSPS) is 16.9. The molecule has 0 amide bonds. The Morgan fingerprint density at radius 1 is 1.20 bits per heavy atom. The van der Waals surface area contributed by atoms with E-state index in [1.54, 1.807) is 17.1 Å². The van der Waals surface area contributed by atoms with Crippen molar-refractivity contribution in [3.8, 4) is 5.82 Å². The third-order valence-electron chi connectivity index (χ3n) is 4.69. The van der Waals surface area contributed by atoms with Crippen LogP contribution in [0, 0.1) is 0 Å². The zero-order valence-electron chi connectivity index (χ0n) is 13.9. The van der Waals surface area contributed by atoms with Gasteiger partial charge in [0.15, 0.2) is 11.6 Å². The number of Topliss-reactive ketones (excluding diaryl/α,β-unsaturated/α-hetero) is 1. The van der Waals surface area contributed by atoms with Crippen LogP contribution in [0.15, 0.2) is 61.1 Å². The highest BCUT2D eigenvalue weighted by atomic mass is 16.1. The van der Waals surface area contributed by atoms with Crippen molar-refractivity contribution in [3.63, 3.8) is 0 Å². The molecular formula is C20H20N4O. The van der Waals surface area contributed by atoms with Crippen LogP contribution >= 0.6 is 0 Å². The van der Waals surface area contributed by atoms with Crippen LogP contribution in [0.25, 0.3) is 5.82 Å². The molecule has 1 fully saturated rings. The second-order valence-corrected chi connectivity index (χ2v) is 6.39. The molecule has 3 aromatic rings. The molecule has 1 aliphatic rings. The van der Waals surface area contributed by atoms with Crippen molar-refractivity contribution in [2.24, 2.45) is 0 Å². The van der Waals surface area contributed by atoms with Gasteiger partial charge in [-0.15, -0.1) is 0 Å². The average molecular weight is 332 g/mol. The molecule has 2 aromatic heterocycles. The van der Waals surface area contributed by atoms with Gasteiger partial charge in [-0.05, 0) is 48.2 Å². The van der Waals surface area contributed by atoms with Gasteiger partial charge in [0.2, 0.25) is 0 Å². The number of hydrogen-bond donors (Lipinski definition) is 1. The highest BCUT2D eigenvalue weighted by molar-refractivity contribution is 5.97. The van der Waals surface area contributed by atoms with Crippen molar-refractivity contribution < 1.29 is 4.79 Å². The van der Waals surface area contributed by atoms with Crippen molar-refractivity contribution >= 4 is 5.78 Å². The zero-order valence-corrected chi connectivity index (χ0v) is 13.9. The zero-order chi connectivity index (χ0) is 17.1. The topological polar surface area (TPSA) is 59.8 Å². The minimum absolute atomic E-state index is 0.0785. The number of carbonyl (C=O) groups excluding carboxylic acids is 1. The maximum atomic E-state index is 12.5. The van der Waals surface area contributed by atoms with E-state index >= 15 is 0 Å². The molecule has 126 valence electrons. The van der Waals surface area contributed by atoms with Gasteiger partial charge in [0.05, 0.1) is 0 Å². The maximum Gasteiger partial charge on any atom is 0.168 e. The molecular weight excluding hydrogens is 312 g/mol. The summed E-state index contributed by atoms with van der Waals surface area (Å²) in [5.74, 6) is 1.38. The summed E-state index contributed by atoms with van der Waals surface area (Å²) in [6, 6.07) is 13.9. The summed E-state index contributed by atoms with van der Waals surface area (Å²) in [6.07, 6.45) is 6.73. The molecule has 0 aliphatic carbocycles. The Bertz CT molecular complexity index is 832. The molecule has 5 nitrogen and oxygen atoms in total. The molecule has 1 atom stereocenters. The van der Waals surface area contributed by atoms with Crippen LogP contribution in [0.4, 0.5) is 0 Å². The van der Waals surface area contributed by atoms with Crippen molar-refractivity contribution in [1.29, 1.82) is 0 Å². The van der Waals surface area contributed by atoms with Crippen LogP contribution in [0.1, 0.15) is 33.8 Å². The highest BCUT2D eigenvalue weighted by Gasteiger charge is 2.16. The van der Waals surface area contributed by atoms with Gasteiger partial charge >= 0.3 is 0 Å². The predicted molar refractivity (Wildman–Crippen MR) is 96.1 cm³/mol. The molecule has 1 unspecified atom stereocenters. The number of carbonyl (C=O) groups is 1. The fourth-order valence-corrected chi connectivity index (χ4v) is 3.23. The van der Waals surface area contributed by atoms with E-state index in [0.29, 0.717) is 23.7 Å². The SMILES string of the molecule is O=C(Cc1ccc(C2CCNC2)cc1)c1ccc(-n2cccn2)nc1. The Morgan fingerprint density at radius 3 is 2.72 bits per heavy atom. The summed E-state index contributed by atoms with van der Waals surface area (Å²) < 4.78 is 1.67. The van der Waals surface area contributed by atoms with Gasteiger partial charge in [-0.25, -0.2) is 9.67 Å². The summed E-state index contributed by atoms with van der Waals surface area (Å²) in [5.41, 5.74) is 3.02. The lowest BCUT2D eigenvalue weighted by atomic mass is 9.96. The summed E-state index contributed by atoms with van der Waals surface area (Å²) in [6.45, 7) is 2.14. The van der Waals surface area contributed by atoms with E-state index in [0.717, 1.165) is 18.7 Å². The molecule has 0 bridgehead atoms. The predicted octanol–water partition coefficient (Wildman–Crippen LogP) is 2.77. The van der Waals surface area contributed by atoms with E-state index in [2.05, 4.69) is 39.7 Å². The van der Waals surface area contributed by atoms with E-state index in [9.17, 15) is 4.79 Å². The Kier molecular flexibility index (Phi) is 4.39. The minimum atomic E-state index is 0.0785. The van der Waals surface area contributed by atoms with Crippen LogP contribution in [0.5, 0.6) is 0 Å². The van der Waals surface area contributed by atoms with E-state index in [1.165, 1.54) is 12.0 Å². The summed E-state index contributed by atoms with van der Waals surface area (Å²) in [4.78, 5) is 16.8. The first kappa shape index (κ1) is 15.7. The summed E-state index contributed by atoms with van der Waals surface area (Å²) in [7, 11) is 0. The molecule has 1 aromatic carbocycles. The molecule has 0 saturated carbocycles. The third kappa shape index (κ3) is 3.51. The number of nitrogens with zero attached hydrogens (tertiary/aromatic N) is 3. The number of nitrogens with one attached hydrogen (secondary N) is 1. The van der Waals surface area contributed by atoms with Gasteiger partial charge in [0.1, 0.15) is 0 Å². The van der Waals surface area contributed by atoms with Gasteiger partial charge in [0.25, 0.3) is 0 Å². The van der Waals surface area contributed by atoms with Crippen molar-refractivity contribution in [2.45, 2.75) is 18.8 Å². The number of hydrogen-bond acceptors (Lipinski definition) is 4. The first-order chi connectivity index (χ1) is 12.3. The van der Waals surface area contributed by atoms with E-state index < -0.39 is 0 Å². The van der Waals surface area contributed by atoms with Crippen LogP contribution in [0.2, 0.25) is 0 Å². The third-order valence-corrected chi connectivity index (χ3v) is 4.69. The second kappa shape index (κ2) is 6.99. The van der Waals surface area contributed by atoms with Gasteiger partial charge < -0.3 is 5.32 Å². The first-order valence-corrected chi connectivity index (χ1v) is 8.58.